The Kier molecular flexibility index (Phi) is 3.55. The van der Waals surface area contributed by atoms with Crippen molar-refractivity contribution in [3.63, 3.8) is 0 Å². The lowest BCUT2D eigenvalue weighted by Crippen LogP contribution is -2.47. The molecule has 5 nitrogen and oxygen atoms in total. The summed E-state index contributed by atoms with van der Waals surface area (Å²) in [5.74, 6) is -0.681. The van der Waals surface area contributed by atoms with E-state index in [0.29, 0.717) is 37.8 Å². The molecule has 1 aromatic carbocycles. The predicted molar refractivity (Wildman–Crippen MR) is 77.2 cm³/mol. The number of benzene rings is 1. The zero-order valence-corrected chi connectivity index (χ0v) is 11.3. The summed E-state index contributed by atoms with van der Waals surface area (Å²) in [4.78, 5) is 12.3. The number of hydrogen-bond donors (Lipinski definition) is 1. The van der Waals surface area contributed by atoms with E-state index in [0.717, 1.165) is 6.07 Å². The maximum atomic E-state index is 13.5. The Hall–Kier alpha value is -2.44. The maximum absolute atomic E-state index is 13.5. The molecule has 0 spiro atoms. The van der Waals surface area contributed by atoms with Gasteiger partial charge in [0.15, 0.2) is 5.82 Å². The molecule has 1 aliphatic rings. The summed E-state index contributed by atoms with van der Waals surface area (Å²) in [6.07, 6.45) is 3.38. The third-order valence-electron chi connectivity index (χ3n) is 3.53. The molecule has 0 aliphatic carbocycles. The van der Waals surface area contributed by atoms with Crippen LogP contribution in [0.15, 0.2) is 30.6 Å². The van der Waals surface area contributed by atoms with Crippen molar-refractivity contribution in [1.29, 1.82) is 0 Å². The van der Waals surface area contributed by atoms with E-state index in [2.05, 4.69) is 9.97 Å². The number of rotatable bonds is 2. The minimum atomic E-state index is -0.723. The van der Waals surface area contributed by atoms with Gasteiger partial charge in [0.05, 0.1) is 11.4 Å². The monoisotopic (exact) mass is 291 g/mol. The second-order valence-corrected chi connectivity index (χ2v) is 4.84. The third kappa shape index (κ3) is 2.72. The van der Waals surface area contributed by atoms with Crippen LogP contribution in [0.2, 0.25) is 0 Å². The zero-order valence-electron chi connectivity index (χ0n) is 11.3. The number of anilines is 3. The summed E-state index contributed by atoms with van der Waals surface area (Å²) in [5, 5.41) is 0. The van der Waals surface area contributed by atoms with Gasteiger partial charge >= 0.3 is 0 Å². The lowest BCUT2D eigenvalue weighted by molar-refractivity contribution is 0.581. The van der Waals surface area contributed by atoms with E-state index in [1.165, 1.54) is 6.07 Å². The fourth-order valence-electron chi connectivity index (χ4n) is 2.43. The maximum Gasteiger partial charge on any atom is 0.225 e. The van der Waals surface area contributed by atoms with Crippen LogP contribution in [0, 0.1) is 11.6 Å². The average molecular weight is 291 g/mol. The van der Waals surface area contributed by atoms with Gasteiger partial charge in [-0.25, -0.2) is 18.7 Å². The zero-order chi connectivity index (χ0) is 14.8. The van der Waals surface area contributed by atoms with Gasteiger partial charge in [-0.2, -0.15) is 0 Å². The topological polar surface area (TPSA) is 58.3 Å². The highest BCUT2D eigenvalue weighted by Crippen LogP contribution is 2.28. The summed E-state index contributed by atoms with van der Waals surface area (Å²) in [5.41, 5.74) is 6.10. The minimum Gasteiger partial charge on any atom is -0.395 e. The standard InChI is InChI=1S/C14H15F2N5/c15-10-8-11(16)13(17)12(9-10)20-4-6-21(7-5-20)14-18-2-1-3-19-14/h1-3,8-9H,4-7,17H2. The van der Waals surface area contributed by atoms with Crippen LogP contribution in [0.5, 0.6) is 0 Å². The summed E-state index contributed by atoms with van der Waals surface area (Å²) in [6.45, 7) is 2.54. The predicted octanol–water partition coefficient (Wildman–Crippen LogP) is 1.66. The number of nitrogen functional groups attached to an aromatic ring is 1. The summed E-state index contributed by atoms with van der Waals surface area (Å²) >= 11 is 0. The number of nitrogens with zero attached hydrogens (tertiary/aromatic N) is 4. The van der Waals surface area contributed by atoms with Crippen LogP contribution in [0.3, 0.4) is 0 Å². The molecule has 0 bridgehead atoms. The van der Waals surface area contributed by atoms with Crippen LogP contribution in [0.4, 0.5) is 26.1 Å². The molecule has 1 fully saturated rings. The number of nitrogens with two attached hydrogens (primary N) is 1. The van der Waals surface area contributed by atoms with E-state index in [-0.39, 0.29) is 5.69 Å². The molecule has 0 radical (unpaired) electrons. The van der Waals surface area contributed by atoms with E-state index in [1.54, 1.807) is 18.5 Å². The SMILES string of the molecule is Nc1c(F)cc(F)cc1N1CCN(c2ncccn2)CC1. The third-order valence-corrected chi connectivity index (χ3v) is 3.53. The molecule has 2 heterocycles. The molecule has 1 aliphatic heterocycles. The molecule has 0 saturated carbocycles. The van der Waals surface area contributed by atoms with Crippen molar-refractivity contribution in [2.45, 2.75) is 0 Å². The fraction of sp³-hybridized carbons (Fsp3) is 0.286. The van der Waals surface area contributed by atoms with Gasteiger partial charge in [-0.1, -0.05) is 0 Å². The van der Waals surface area contributed by atoms with Crippen LogP contribution in [-0.4, -0.2) is 36.1 Å². The number of aromatic nitrogens is 2. The first kappa shape index (κ1) is 13.5. The molecule has 3 rings (SSSR count). The van der Waals surface area contributed by atoms with Gasteiger partial charge in [0.2, 0.25) is 5.95 Å². The highest BCUT2D eigenvalue weighted by molar-refractivity contribution is 5.68. The van der Waals surface area contributed by atoms with E-state index in [4.69, 9.17) is 5.73 Å². The molecule has 7 heteroatoms. The Morgan fingerprint density at radius 1 is 0.952 bits per heavy atom. The van der Waals surface area contributed by atoms with Crippen molar-refractivity contribution in [2.75, 3.05) is 41.7 Å². The van der Waals surface area contributed by atoms with Crippen molar-refractivity contribution in [3.8, 4) is 0 Å². The molecule has 1 saturated heterocycles. The molecule has 2 aromatic rings. The first-order chi connectivity index (χ1) is 10.1. The Morgan fingerprint density at radius 3 is 2.24 bits per heavy atom. The molecule has 0 unspecified atom stereocenters. The first-order valence-electron chi connectivity index (χ1n) is 6.66. The lowest BCUT2D eigenvalue weighted by Gasteiger charge is -2.36. The molecular weight excluding hydrogens is 276 g/mol. The number of piperazine rings is 1. The van der Waals surface area contributed by atoms with Gasteiger partial charge in [-0.05, 0) is 12.1 Å². The van der Waals surface area contributed by atoms with Gasteiger partial charge in [0.25, 0.3) is 0 Å². The Morgan fingerprint density at radius 2 is 1.57 bits per heavy atom. The first-order valence-corrected chi connectivity index (χ1v) is 6.66. The van der Waals surface area contributed by atoms with Crippen molar-refractivity contribution >= 4 is 17.3 Å². The van der Waals surface area contributed by atoms with Crippen LogP contribution in [0.25, 0.3) is 0 Å². The second kappa shape index (κ2) is 5.51. The van der Waals surface area contributed by atoms with E-state index >= 15 is 0 Å². The van der Waals surface area contributed by atoms with Crippen molar-refractivity contribution in [1.82, 2.24) is 9.97 Å². The van der Waals surface area contributed by atoms with Crippen molar-refractivity contribution < 1.29 is 8.78 Å². The Balaban J connectivity index is 1.74. The molecule has 0 atom stereocenters. The van der Waals surface area contributed by atoms with Gasteiger partial charge in [0.1, 0.15) is 5.82 Å². The minimum absolute atomic E-state index is 0.0131. The summed E-state index contributed by atoms with van der Waals surface area (Å²) < 4.78 is 26.9. The van der Waals surface area contributed by atoms with Crippen molar-refractivity contribution in [2.24, 2.45) is 0 Å². The quantitative estimate of drug-likeness (QED) is 0.853. The van der Waals surface area contributed by atoms with E-state index < -0.39 is 11.6 Å². The average Bonchev–Trinajstić information content (AvgIpc) is 2.52. The van der Waals surface area contributed by atoms with Gasteiger partial charge < -0.3 is 15.5 Å². The fourth-order valence-corrected chi connectivity index (χ4v) is 2.43. The largest absolute Gasteiger partial charge is 0.395 e. The molecule has 21 heavy (non-hydrogen) atoms. The van der Waals surface area contributed by atoms with Crippen LogP contribution >= 0.6 is 0 Å². The Bertz CT molecular complexity index is 627. The molecule has 110 valence electrons. The number of hydrogen-bond acceptors (Lipinski definition) is 5. The van der Waals surface area contributed by atoms with E-state index in [1.807, 2.05) is 9.80 Å². The normalized spacial score (nSPS) is 15.3. The van der Waals surface area contributed by atoms with Crippen LogP contribution in [0.1, 0.15) is 0 Å². The Labute approximate surface area is 121 Å². The van der Waals surface area contributed by atoms with Gasteiger partial charge in [0, 0.05) is 44.6 Å². The highest BCUT2D eigenvalue weighted by Gasteiger charge is 2.22. The van der Waals surface area contributed by atoms with Gasteiger partial charge in [-0.3, -0.25) is 0 Å². The van der Waals surface area contributed by atoms with Crippen LogP contribution < -0.4 is 15.5 Å². The smallest absolute Gasteiger partial charge is 0.225 e. The number of halogens is 2. The van der Waals surface area contributed by atoms with Crippen molar-refractivity contribution in [3.05, 3.63) is 42.2 Å². The highest BCUT2D eigenvalue weighted by atomic mass is 19.1. The lowest BCUT2D eigenvalue weighted by atomic mass is 10.2. The molecular formula is C14H15F2N5. The van der Waals surface area contributed by atoms with Gasteiger partial charge in [-0.15, -0.1) is 0 Å². The molecule has 1 aromatic heterocycles. The second-order valence-electron chi connectivity index (χ2n) is 4.84. The molecule has 2 N–H and O–H groups in total. The summed E-state index contributed by atoms with van der Waals surface area (Å²) in [6, 6.07) is 3.83. The van der Waals surface area contributed by atoms with E-state index in [9.17, 15) is 8.78 Å². The molecule has 0 amide bonds. The van der Waals surface area contributed by atoms with Crippen LogP contribution in [-0.2, 0) is 0 Å². The summed E-state index contributed by atoms with van der Waals surface area (Å²) in [7, 11) is 0.